The molecular weight excluding hydrogens is 358 g/mol. The van der Waals surface area contributed by atoms with E-state index >= 15 is 0 Å². The molecule has 0 spiro atoms. The third-order valence-corrected chi connectivity index (χ3v) is 6.50. The highest BCUT2D eigenvalue weighted by atomic mass is 32.2. The van der Waals surface area contributed by atoms with Crippen molar-refractivity contribution in [2.75, 3.05) is 19.4 Å². The van der Waals surface area contributed by atoms with Crippen molar-refractivity contribution in [1.82, 2.24) is 9.29 Å². The first-order chi connectivity index (χ1) is 11.8. The number of carbonyl (C=O) groups excluding carboxylic acids is 1. The molecule has 0 saturated carbocycles. The van der Waals surface area contributed by atoms with Crippen molar-refractivity contribution in [2.45, 2.75) is 11.8 Å². The largest absolute Gasteiger partial charge is 0.298 e. The van der Waals surface area contributed by atoms with Crippen LogP contribution in [0.3, 0.4) is 0 Å². The number of aromatic nitrogens is 1. The van der Waals surface area contributed by atoms with Gasteiger partial charge < -0.3 is 0 Å². The van der Waals surface area contributed by atoms with E-state index < -0.39 is 10.0 Å². The number of amides is 1. The Labute approximate surface area is 150 Å². The summed E-state index contributed by atoms with van der Waals surface area (Å²) in [7, 11) is -0.582. The number of anilines is 1. The van der Waals surface area contributed by atoms with E-state index in [1.165, 1.54) is 49.7 Å². The molecule has 0 unspecified atom stereocenters. The van der Waals surface area contributed by atoms with Crippen molar-refractivity contribution in [3.63, 3.8) is 0 Å². The van der Waals surface area contributed by atoms with Crippen molar-refractivity contribution in [3.05, 3.63) is 53.6 Å². The Bertz CT molecular complexity index is 1040. The third kappa shape index (κ3) is 3.41. The number of hydrogen-bond donors (Lipinski definition) is 1. The van der Waals surface area contributed by atoms with Crippen LogP contribution in [-0.2, 0) is 10.0 Å². The van der Waals surface area contributed by atoms with E-state index in [9.17, 15) is 13.2 Å². The quantitative estimate of drug-likeness (QED) is 0.760. The molecule has 3 aromatic rings. The first-order valence-corrected chi connectivity index (χ1v) is 9.75. The van der Waals surface area contributed by atoms with Gasteiger partial charge in [0.05, 0.1) is 15.1 Å². The molecule has 0 aliphatic heterocycles. The Hall–Kier alpha value is -2.29. The Balaban J connectivity index is 1.82. The van der Waals surface area contributed by atoms with Gasteiger partial charge in [-0.05, 0) is 42.8 Å². The van der Waals surface area contributed by atoms with E-state index in [4.69, 9.17) is 0 Å². The summed E-state index contributed by atoms with van der Waals surface area (Å²) < 4.78 is 26.2. The van der Waals surface area contributed by atoms with E-state index in [0.29, 0.717) is 10.7 Å². The number of hydrogen-bond acceptors (Lipinski definition) is 5. The van der Waals surface area contributed by atoms with Crippen LogP contribution in [0.5, 0.6) is 0 Å². The first-order valence-electron chi connectivity index (χ1n) is 7.49. The number of sulfonamides is 1. The Morgan fingerprint density at radius 2 is 1.80 bits per heavy atom. The van der Waals surface area contributed by atoms with Crippen molar-refractivity contribution < 1.29 is 13.2 Å². The van der Waals surface area contributed by atoms with Gasteiger partial charge in [0, 0.05) is 19.7 Å². The zero-order valence-electron chi connectivity index (χ0n) is 14.0. The van der Waals surface area contributed by atoms with E-state index in [1.807, 2.05) is 25.1 Å². The molecule has 2 aromatic carbocycles. The smallest absolute Gasteiger partial charge is 0.257 e. The molecule has 0 fully saturated rings. The lowest BCUT2D eigenvalue weighted by Gasteiger charge is -2.11. The monoisotopic (exact) mass is 375 g/mol. The summed E-state index contributed by atoms with van der Waals surface area (Å²) in [4.78, 5) is 17.0. The zero-order valence-corrected chi connectivity index (χ0v) is 15.6. The lowest BCUT2D eigenvalue weighted by atomic mass is 10.2. The van der Waals surface area contributed by atoms with Gasteiger partial charge in [0.2, 0.25) is 10.0 Å². The Morgan fingerprint density at radius 3 is 2.40 bits per heavy atom. The minimum absolute atomic E-state index is 0.143. The average Bonchev–Trinajstić information content (AvgIpc) is 2.98. The van der Waals surface area contributed by atoms with E-state index in [2.05, 4.69) is 10.3 Å². The fourth-order valence-corrected chi connectivity index (χ4v) is 4.14. The highest BCUT2D eigenvalue weighted by Crippen LogP contribution is 2.28. The summed E-state index contributed by atoms with van der Waals surface area (Å²) in [5, 5.41) is 3.28. The SMILES string of the molecule is Cc1cccc2sc(NC(=O)c3ccc(S(=O)(=O)N(C)C)cc3)nc12. The molecule has 1 aromatic heterocycles. The minimum Gasteiger partial charge on any atom is -0.298 e. The molecule has 0 atom stereocenters. The van der Waals surface area contributed by atoms with E-state index in [1.54, 1.807) is 0 Å². The average molecular weight is 375 g/mol. The van der Waals surface area contributed by atoms with Crippen LogP contribution >= 0.6 is 11.3 Å². The van der Waals surface area contributed by atoms with Gasteiger partial charge in [-0.25, -0.2) is 17.7 Å². The molecule has 6 nitrogen and oxygen atoms in total. The van der Waals surface area contributed by atoms with Crippen LogP contribution in [0.15, 0.2) is 47.4 Å². The molecule has 8 heteroatoms. The summed E-state index contributed by atoms with van der Waals surface area (Å²) >= 11 is 1.40. The molecule has 1 amide bonds. The fourth-order valence-electron chi connectivity index (χ4n) is 2.30. The van der Waals surface area contributed by atoms with E-state index in [0.717, 1.165) is 20.1 Å². The van der Waals surface area contributed by atoms with Crippen LogP contribution in [-0.4, -0.2) is 37.7 Å². The van der Waals surface area contributed by atoms with Gasteiger partial charge in [-0.15, -0.1) is 0 Å². The molecule has 1 N–H and O–H groups in total. The number of rotatable bonds is 4. The fraction of sp³-hybridized carbons (Fsp3) is 0.176. The number of aryl methyl sites for hydroxylation is 1. The second kappa shape index (κ2) is 6.55. The summed E-state index contributed by atoms with van der Waals surface area (Å²) in [6, 6.07) is 11.7. The van der Waals surface area contributed by atoms with Crippen molar-refractivity contribution in [3.8, 4) is 0 Å². The molecule has 0 saturated heterocycles. The number of para-hydroxylation sites is 1. The van der Waals surface area contributed by atoms with Crippen molar-refractivity contribution >= 4 is 42.6 Å². The van der Waals surface area contributed by atoms with Gasteiger partial charge >= 0.3 is 0 Å². The zero-order chi connectivity index (χ0) is 18.2. The summed E-state index contributed by atoms with van der Waals surface area (Å²) in [5.74, 6) is -0.328. The third-order valence-electron chi connectivity index (χ3n) is 3.74. The van der Waals surface area contributed by atoms with Gasteiger partial charge in [0.15, 0.2) is 5.13 Å². The maximum absolute atomic E-state index is 12.4. The second-order valence-corrected chi connectivity index (χ2v) is 8.89. The number of thiazole rings is 1. The van der Waals surface area contributed by atoms with Crippen LogP contribution in [0.25, 0.3) is 10.2 Å². The predicted molar refractivity (Wildman–Crippen MR) is 99.6 cm³/mol. The number of carbonyl (C=O) groups is 1. The summed E-state index contributed by atoms with van der Waals surface area (Å²) in [5.41, 5.74) is 2.29. The molecule has 0 aliphatic rings. The van der Waals surface area contributed by atoms with Crippen LogP contribution < -0.4 is 5.32 Å². The minimum atomic E-state index is -3.51. The number of benzene rings is 2. The number of nitrogens with zero attached hydrogens (tertiary/aromatic N) is 2. The standard InChI is InChI=1S/C17H17N3O3S2/c1-11-5-4-6-14-15(11)18-17(24-14)19-16(21)12-7-9-13(10-8-12)25(22,23)20(2)3/h4-10H,1-3H3,(H,18,19,21). The maximum Gasteiger partial charge on any atom is 0.257 e. The van der Waals surface area contributed by atoms with Crippen LogP contribution in [0, 0.1) is 6.92 Å². The predicted octanol–water partition coefficient (Wildman–Crippen LogP) is 3.11. The molecular formula is C17H17N3O3S2. The van der Waals surface area contributed by atoms with Gasteiger partial charge in [-0.3, -0.25) is 10.1 Å². The second-order valence-electron chi connectivity index (χ2n) is 5.71. The molecule has 130 valence electrons. The highest BCUT2D eigenvalue weighted by molar-refractivity contribution is 7.89. The van der Waals surface area contributed by atoms with Gasteiger partial charge in [0.1, 0.15) is 0 Å². The normalized spacial score (nSPS) is 11.8. The number of nitrogens with one attached hydrogen (secondary N) is 1. The van der Waals surface area contributed by atoms with Crippen LogP contribution in [0.1, 0.15) is 15.9 Å². The highest BCUT2D eigenvalue weighted by Gasteiger charge is 2.18. The maximum atomic E-state index is 12.4. The Morgan fingerprint density at radius 1 is 1.12 bits per heavy atom. The molecule has 1 heterocycles. The van der Waals surface area contributed by atoms with Gasteiger partial charge in [0.25, 0.3) is 5.91 Å². The van der Waals surface area contributed by atoms with Crippen molar-refractivity contribution in [1.29, 1.82) is 0 Å². The molecule has 0 radical (unpaired) electrons. The first kappa shape index (κ1) is 17.5. The number of fused-ring (bicyclic) bond motifs is 1. The topological polar surface area (TPSA) is 79.4 Å². The summed E-state index contributed by atoms with van der Waals surface area (Å²) in [6.45, 7) is 1.97. The van der Waals surface area contributed by atoms with Gasteiger partial charge in [-0.1, -0.05) is 23.5 Å². The Kier molecular flexibility index (Phi) is 4.59. The van der Waals surface area contributed by atoms with Crippen LogP contribution in [0.4, 0.5) is 5.13 Å². The van der Waals surface area contributed by atoms with Crippen molar-refractivity contribution in [2.24, 2.45) is 0 Å². The molecule has 0 bridgehead atoms. The lowest BCUT2D eigenvalue weighted by Crippen LogP contribution is -2.22. The summed E-state index contributed by atoms with van der Waals surface area (Å²) in [6.07, 6.45) is 0. The lowest BCUT2D eigenvalue weighted by molar-refractivity contribution is 0.102. The molecule has 25 heavy (non-hydrogen) atoms. The molecule has 3 rings (SSSR count). The van der Waals surface area contributed by atoms with E-state index in [-0.39, 0.29) is 10.8 Å². The van der Waals surface area contributed by atoms with Crippen LogP contribution in [0.2, 0.25) is 0 Å². The molecule has 0 aliphatic carbocycles. The van der Waals surface area contributed by atoms with Gasteiger partial charge in [-0.2, -0.15) is 0 Å².